The summed E-state index contributed by atoms with van der Waals surface area (Å²) in [5.41, 5.74) is 1.01. The molecule has 0 saturated carbocycles. The third-order valence-electron chi connectivity index (χ3n) is 2.81. The Kier molecular flexibility index (Phi) is 2.92. The Morgan fingerprint density at radius 3 is 2.95 bits per heavy atom. The molecule has 3 aromatic heterocycles. The SMILES string of the molecule is CNCc1ccc(Cn2c(=O)oc3cccnc32)o1. The minimum atomic E-state index is -0.430. The van der Waals surface area contributed by atoms with Crippen molar-refractivity contribution < 1.29 is 8.83 Å². The van der Waals surface area contributed by atoms with Crippen molar-refractivity contribution in [1.82, 2.24) is 14.9 Å². The summed E-state index contributed by atoms with van der Waals surface area (Å²) >= 11 is 0. The van der Waals surface area contributed by atoms with E-state index < -0.39 is 5.76 Å². The van der Waals surface area contributed by atoms with Crippen molar-refractivity contribution >= 4 is 11.2 Å². The molecule has 98 valence electrons. The van der Waals surface area contributed by atoms with Crippen molar-refractivity contribution in [2.45, 2.75) is 13.1 Å². The van der Waals surface area contributed by atoms with Crippen LogP contribution >= 0.6 is 0 Å². The van der Waals surface area contributed by atoms with E-state index in [2.05, 4.69) is 10.3 Å². The predicted octanol–water partition coefficient (Wildman–Crippen LogP) is 1.35. The van der Waals surface area contributed by atoms with Crippen LogP contribution in [0.3, 0.4) is 0 Å². The van der Waals surface area contributed by atoms with Crippen LogP contribution in [0.2, 0.25) is 0 Å². The normalized spacial score (nSPS) is 11.2. The molecular formula is C13H13N3O3. The van der Waals surface area contributed by atoms with Gasteiger partial charge in [0.05, 0.1) is 13.1 Å². The first-order valence-corrected chi connectivity index (χ1v) is 5.94. The highest BCUT2D eigenvalue weighted by Crippen LogP contribution is 2.13. The van der Waals surface area contributed by atoms with Crippen molar-refractivity contribution in [3.63, 3.8) is 0 Å². The third kappa shape index (κ3) is 2.17. The zero-order valence-electron chi connectivity index (χ0n) is 10.4. The molecule has 0 amide bonds. The van der Waals surface area contributed by atoms with E-state index in [-0.39, 0.29) is 0 Å². The number of nitrogens with zero attached hydrogens (tertiary/aromatic N) is 2. The molecule has 0 aliphatic carbocycles. The molecule has 3 heterocycles. The highest BCUT2D eigenvalue weighted by molar-refractivity contribution is 5.67. The Bertz CT molecular complexity index is 754. The minimum Gasteiger partial charge on any atom is -0.463 e. The molecule has 19 heavy (non-hydrogen) atoms. The van der Waals surface area contributed by atoms with Crippen LogP contribution in [0.4, 0.5) is 0 Å². The molecule has 0 radical (unpaired) electrons. The summed E-state index contributed by atoms with van der Waals surface area (Å²) in [6.07, 6.45) is 1.63. The fraction of sp³-hybridized carbons (Fsp3) is 0.231. The molecule has 0 saturated heterocycles. The molecule has 0 unspecified atom stereocenters. The van der Waals surface area contributed by atoms with Crippen LogP contribution in [0.15, 0.2) is 44.1 Å². The summed E-state index contributed by atoms with van der Waals surface area (Å²) in [6.45, 7) is 0.964. The molecule has 0 bridgehead atoms. The molecular weight excluding hydrogens is 246 g/mol. The average molecular weight is 259 g/mol. The molecule has 3 aromatic rings. The van der Waals surface area contributed by atoms with E-state index in [1.807, 2.05) is 19.2 Å². The van der Waals surface area contributed by atoms with Gasteiger partial charge in [0.25, 0.3) is 0 Å². The Hall–Kier alpha value is -2.34. The summed E-state index contributed by atoms with van der Waals surface area (Å²) in [7, 11) is 1.85. The number of hydrogen-bond donors (Lipinski definition) is 1. The monoisotopic (exact) mass is 259 g/mol. The van der Waals surface area contributed by atoms with E-state index in [0.29, 0.717) is 30.1 Å². The van der Waals surface area contributed by atoms with E-state index in [9.17, 15) is 4.79 Å². The second kappa shape index (κ2) is 4.74. The van der Waals surface area contributed by atoms with Gasteiger partial charge in [-0.2, -0.15) is 0 Å². The fourth-order valence-electron chi connectivity index (χ4n) is 1.97. The van der Waals surface area contributed by atoms with Gasteiger partial charge in [-0.15, -0.1) is 0 Å². The van der Waals surface area contributed by atoms with Gasteiger partial charge in [-0.3, -0.25) is 4.57 Å². The lowest BCUT2D eigenvalue weighted by Crippen LogP contribution is -2.15. The highest BCUT2D eigenvalue weighted by Gasteiger charge is 2.12. The summed E-state index contributed by atoms with van der Waals surface area (Å²) in [6, 6.07) is 7.18. The molecule has 6 nitrogen and oxygen atoms in total. The number of nitrogens with one attached hydrogen (secondary N) is 1. The van der Waals surface area contributed by atoms with Crippen LogP contribution in [0.1, 0.15) is 11.5 Å². The number of fused-ring (bicyclic) bond motifs is 1. The van der Waals surface area contributed by atoms with Gasteiger partial charge in [-0.25, -0.2) is 9.78 Å². The summed E-state index contributed by atoms with van der Waals surface area (Å²) < 4.78 is 12.2. The number of aromatic nitrogens is 2. The first-order valence-electron chi connectivity index (χ1n) is 5.94. The lowest BCUT2D eigenvalue weighted by atomic mass is 10.4. The Labute approximate surface area is 108 Å². The molecule has 0 aliphatic heterocycles. The number of hydrogen-bond acceptors (Lipinski definition) is 5. The maximum Gasteiger partial charge on any atom is 0.421 e. The predicted molar refractivity (Wildman–Crippen MR) is 68.8 cm³/mol. The smallest absolute Gasteiger partial charge is 0.421 e. The van der Waals surface area contributed by atoms with Crippen LogP contribution in [0.5, 0.6) is 0 Å². The van der Waals surface area contributed by atoms with Crippen LogP contribution in [0.25, 0.3) is 11.2 Å². The van der Waals surface area contributed by atoms with Crippen LogP contribution in [-0.2, 0) is 13.1 Å². The molecule has 0 spiro atoms. The van der Waals surface area contributed by atoms with Crippen molar-refractivity contribution in [3.8, 4) is 0 Å². The van der Waals surface area contributed by atoms with Gasteiger partial charge in [0.2, 0.25) is 0 Å². The Morgan fingerprint density at radius 1 is 1.26 bits per heavy atom. The number of rotatable bonds is 4. The van der Waals surface area contributed by atoms with Crippen molar-refractivity contribution in [3.05, 3.63) is 52.5 Å². The summed E-state index contributed by atoms with van der Waals surface area (Å²) in [4.78, 5) is 15.9. The minimum absolute atomic E-state index is 0.312. The standard InChI is InChI=1S/C13H13N3O3/c1-14-7-9-4-5-10(18-9)8-16-12-11(19-13(16)17)3-2-6-15-12/h2-6,14H,7-8H2,1H3. The van der Waals surface area contributed by atoms with Crippen molar-refractivity contribution in [2.75, 3.05) is 7.05 Å². The van der Waals surface area contributed by atoms with Gasteiger partial charge in [0.15, 0.2) is 11.2 Å². The molecule has 0 aromatic carbocycles. The molecule has 0 fully saturated rings. The van der Waals surface area contributed by atoms with Crippen LogP contribution in [0, 0.1) is 0 Å². The lowest BCUT2D eigenvalue weighted by Gasteiger charge is -1.98. The number of oxazole rings is 1. The number of pyridine rings is 1. The van der Waals surface area contributed by atoms with Gasteiger partial charge in [0, 0.05) is 6.20 Å². The van der Waals surface area contributed by atoms with Gasteiger partial charge in [-0.1, -0.05) is 0 Å². The average Bonchev–Trinajstić information content (AvgIpc) is 2.96. The highest BCUT2D eigenvalue weighted by atomic mass is 16.4. The summed E-state index contributed by atoms with van der Waals surface area (Å²) in [5, 5.41) is 3.00. The topological polar surface area (TPSA) is 73.2 Å². The molecule has 3 rings (SSSR count). The maximum atomic E-state index is 11.8. The van der Waals surface area contributed by atoms with E-state index >= 15 is 0 Å². The molecule has 1 N–H and O–H groups in total. The quantitative estimate of drug-likeness (QED) is 0.765. The molecule has 0 atom stereocenters. The van der Waals surface area contributed by atoms with Gasteiger partial charge >= 0.3 is 5.76 Å². The van der Waals surface area contributed by atoms with Gasteiger partial charge in [0.1, 0.15) is 11.5 Å². The van der Waals surface area contributed by atoms with E-state index in [4.69, 9.17) is 8.83 Å². The number of furan rings is 1. The van der Waals surface area contributed by atoms with Gasteiger partial charge in [-0.05, 0) is 31.3 Å². The lowest BCUT2D eigenvalue weighted by molar-refractivity contribution is 0.433. The summed E-state index contributed by atoms with van der Waals surface area (Å²) in [5.74, 6) is 1.09. The third-order valence-corrected chi connectivity index (χ3v) is 2.81. The maximum absolute atomic E-state index is 11.8. The van der Waals surface area contributed by atoms with Crippen LogP contribution in [-0.4, -0.2) is 16.6 Å². The zero-order chi connectivity index (χ0) is 13.2. The Balaban J connectivity index is 1.96. The van der Waals surface area contributed by atoms with Gasteiger partial charge < -0.3 is 14.2 Å². The first-order chi connectivity index (χ1) is 9.28. The first kappa shape index (κ1) is 11.7. The molecule has 0 aliphatic rings. The fourth-order valence-corrected chi connectivity index (χ4v) is 1.97. The van der Waals surface area contributed by atoms with Crippen LogP contribution < -0.4 is 11.1 Å². The second-order valence-corrected chi connectivity index (χ2v) is 4.18. The molecule has 6 heteroatoms. The van der Waals surface area contributed by atoms with E-state index in [0.717, 1.165) is 5.76 Å². The largest absolute Gasteiger partial charge is 0.463 e. The Morgan fingerprint density at radius 2 is 2.11 bits per heavy atom. The van der Waals surface area contributed by atoms with E-state index in [1.165, 1.54) is 4.57 Å². The second-order valence-electron chi connectivity index (χ2n) is 4.18. The van der Waals surface area contributed by atoms with Crippen molar-refractivity contribution in [1.29, 1.82) is 0 Å². The van der Waals surface area contributed by atoms with Crippen molar-refractivity contribution in [2.24, 2.45) is 0 Å². The zero-order valence-corrected chi connectivity index (χ0v) is 10.4. The van der Waals surface area contributed by atoms with E-state index in [1.54, 1.807) is 18.3 Å².